The van der Waals surface area contributed by atoms with Crippen LogP contribution >= 0.6 is 23.2 Å². The summed E-state index contributed by atoms with van der Waals surface area (Å²) in [6.45, 7) is 0.325. The van der Waals surface area contributed by atoms with Crippen LogP contribution in [0.1, 0.15) is 5.69 Å². The topological polar surface area (TPSA) is 78.0 Å². The SMILES string of the molecule is O=C(O)NCCc1cnc(-c2ccc(Cl)cc2Cl)[nH]1. The first-order chi connectivity index (χ1) is 9.06. The summed E-state index contributed by atoms with van der Waals surface area (Å²) < 4.78 is 0. The van der Waals surface area contributed by atoms with Gasteiger partial charge in [-0.1, -0.05) is 23.2 Å². The van der Waals surface area contributed by atoms with Crippen molar-refractivity contribution in [1.29, 1.82) is 0 Å². The number of hydrogen-bond acceptors (Lipinski definition) is 2. The third-order valence-electron chi connectivity index (χ3n) is 2.49. The molecule has 0 aliphatic rings. The van der Waals surface area contributed by atoms with Gasteiger partial charge in [0.2, 0.25) is 0 Å². The van der Waals surface area contributed by atoms with Crippen LogP contribution in [0.4, 0.5) is 4.79 Å². The average Bonchev–Trinajstić information content (AvgIpc) is 2.77. The fourth-order valence-electron chi connectivity index (χ4n) is 1.61. The second-order valence-corrected chi connectivity index (χ2v) is 4.71. The van der Waals surface area contributed by atoms with Gasteiger partial charge >= 0.3 is 6.09 Å². The molecule has 1 aromatic heterocycles. The van der Waals surface area contributed by atoms with Gasteiger partial charge in [-0.15, -0.1) is 0 Å². The molecule has 19 heavy (non-hydrogen) atoms. The van der Waals surface area contributed by atoms with Crippen molar-refractivity contribution in [3.8, 4) is 11.4 Å². The highest BCUT2D eigenvalue weighted by atomic mass is 35.5. The molecule has 0 fully saturated rings. The van der Waals surface area contributed by atoms with Crippen LogP contribution in [0.5, 0.6) is 0 Å². The Hall–Kier alpha value is -1.72. The third-order valence-corrected chi connectivity index (χ3v) is 3.03. The van der Waals surface area contributed by atoms with Gasteiger partial charge in [0.15, 0.2) is 0 Å². The largest absolute Gasteiger partial charge is 0.465 e. The summed E-state index contributed by atoms with van der Waals surface area (Å²) in [5, 5.41) is 11.8. The molecule has 7 heteroatoms. The summed E-state index contributed by atoms with van der Waals surface area (Å²) in [5.41, 5.74) is 1.58. The van der Waals surface area contributed by atoms with E-state index in [0.29, 0.717) is 28.8 Å². The molecule has 1 heterocycles. The predicted molar refractivity (Wildman–Crippen MR) is 73.8 cm³/mol. The van der Waals surface area contributed by atoms with E-state index < -0.39 is 6.09 Å². The lowest BCUT2D eigenvalue weighted by Crippen LogP contribution is -2.23. The molecule has 1 amide bonds. The van der Waals surface area contributed by atoms with E-state index in [0.717, 1.165) is 11.3 Å². The van der Waals surface area contributed by atoms with E-state index in [1.54, 1.807) is 24.4 Å². The highest BCUT2D eigenvalue weighted by Gasteiger charge is 2.08. The molecule has 0 unspecified atom stereocenters. The lowest BCUT2D eigenvalue weighted by atomic mass is 10.2. The van der Waals surface area contributed by atoms with E-state index in [4.69, 9.17) is 28.3 Å². The van der Waals surface area contributed by atoms with Gasteiger partial charge in [0.05, 0.1) is 5.02 Å². The van der Waals surface area contributed by atoms with Crippen molar-refractivity contribution in [3.05, 3.63) is 40.1 Å². The molecule has 0 saturated carbocycles. The Morgan fingerprint density at radius 1 is 1.42 bits per heavy atom. The van der Waals surface area contributed by atoms with E-state index >= 15 is 0 Å². The standard InChI is InChI=1S/C12H11Cl2N3O2/c13-7-1-2-9(10(14)5-7)11-16-6-8(17-11)3-4-15-12(18)19/h1-2,5-6,15H,3-4H2,(H,16,17)(H,18,19). The van der Waals surface area contributed by atoms with Crippen LogP contribution in [-0.2, 0) is 6.42 Å². The molecule has 0 aliphatic heterocycles. The van der Waals surface area contributed by atoms with Gasteiger partial charge in [-0.25, -0.2) is 9.78 Å². The molecule has 1 aromatic carbocycles. The van der Waals surface area contributed by atoms with Crippen LogP contribution < -0.4 is 5.32 Å². The fraction of sp³-hybridized carbons (Fsp3) is 0.167. The number of carboxylic acid groups (broad SMARTS) is 1. The normalized spacial score (nSPS) is 10.4. The van der Waals surface area contributed by atoms with E-state index in [9.17, 15) is 4.79 Å². The van der Waals surface area contributed by atoms with Crippen LogP contribution in [-0.4, -0.2) is 27.7 Å². The van der Waals surface area contributed by atoms with E-state index in [-0.39, 0.29) is 0 Å². The number of hydrogen-bond donors (Lipinski definition) is 3. The first kappa shape index (κ1) is 13.7. The number of imidazole rings is 1. The summed E-state index contributed by atoms with van der Waals surface area (Å²) >= 11 is 11.9. The quantitative estimate of drug-likeness (QED) is 0.811. The first-order valence-electron chi connectivity index (χ1n) is 5.52. The summed E-state index contributed by atoms with van der Waals surface area (Å²) in [6.07, 6.45) is 1.15. The van der Waals surface area contributed by atoms with Crippen LogP contribution in [0.3, 0.4) is 0 Å². The molecule has 0 bridgehead atoms. The molecular weight excluding hydrogens is 289 g/mol. The molecule has 0 radical (unpaired) electrons. The maximum atomic E-state index is 10.3. The average molecular weight is 300 g/mol. The smallest absolute Gasteiger partial charge is 0.404 e. The van der Waals surface area contributed by atoms with E-state index in [1.807, 2.05) is 0 Å². The number of aromatic nitrogens is 2. The number of rotatable bonds is 4. The van der Waals surface area contributed by atoms with Gasteiger partial charge in [0, 0.05) is 35.4 Å². The van der Waals surface area contributed by atoms with Crippen molar-refractivity contribution < 1.29 is 9.90 Å². The highest BCUT2D eigenvalue weighted by molar-refractivity contribution is 6.36. The molecule has 0 spiro atoms. The Kier molecular flexibility index (Phi) is 4.29. The molecular formula is C12H11Cl2N3O2. The Labute approximate surface area is 119 Å². The Balaban J connectivity index is 2.10. The van der Waals surface area contributed by atoms with Gasteiger partial charge < -0.3 is 15.4 Å². The van der Waals surface area contributed by atoms with Crippen LogP contribution in [0, 0.1) is 0 Å². The molecule has 3 N–H and O–H groups in total. The minimum absolute atomic E-state index is 0.325. The first-order valence-corrected chi connectivity index (χ1v) is 6.28. The number of aromatic amines is 1. The Bertz CT molecular complexity index is 598. The zero-order valence-electron chi connectivity index (χ0n) is 9.78. The zero-order valence-corrected chi connectivity index (χ0v) is 11.3. The van der Waals surface area contributed by atoms with Gasteiger partial charge in [0.25, 0.3) is 0 Å². The molecule has 0 saturated heterocycles. The van der Waals surface area contributed by atoms with E-state index in [1.165, 1.54) is 0 Å². The second kappa shape index (κ2) is 5.95. The second-order valence-electron chi connectivity index (χ2n) is 3.86. The van der Waals surface area contributed by atoms with Crippen molar-refractivity contribution in [2.24, 2.45) is 0 Å². The number of H-pyrrole nitrogens is 1. The van der Waals surface area contributed by atoms with Crippen LogP contribution in [0.25, 0.3) is 11.4 Å². The number of amides is 1. The maximum Gasteiger partial charge on any atom is 0.404 e. The van der Waals surface area contributed by atoms with Crippen molar-refractivity contribution in [1.82, 2.24) is 15.3 Å². The number of benzene rings is 1. The van der Waals surface area contributed by atoms with Crippen molar-refractivity contribution in [3.63, 3.8) is 0 Å². The zero-order chi connectivity index (χ0) is 13.8. The lowest BCUT2D eigenvalue weighted by molar-refractivity contribution is 0.194. The Morgan fingerprint density at radius 2 is 2.21 bits per heavy atom. The molecule has 5 nitrogen and oxygen atoms in total. The minimum Gasteiger partial charge on any atom is -0.465 e. The number of carbonyl (C=O) groups is 1. The predicted octanol–water partition coefficient (Wildman–Crippen LogP) is 3.19. The van der Waals surface area contributed by atoms with Gasteiger partial charge in [-0.05, 0) is 18.2 Å². The Morgan fingerprint density at radius 3 is 2.89 bits per heavy atom. The summed E-state index contributed by atoms with van der Waals surface area (Å²) in [7, 11) is 0. The van der Waals surface area contributed by atoms with Gasteiger partial charge in [0.1, 0.15) is 5.82 Å². The molecule has 0 aliphatic carbocycles. The number of halogens is 2. The summed E-state index contributed by atoms with van der Waals surface area (Å²) in [4.78, 5) is 17.6. The van der Waals surface area contributed by atoms with Crippen LogP contribution in [0.2, 0.25) is 10.0 Å². The maximum absolute atomic E-state index is 10.3. The molecule has 0 atom stereocenters. The minimum atomic E-state index is -1.04. The number of nitrogens with one attached hydrogen (secondary N) is 2. The van der Waals surface area contributed by atoms with Crippen molar-refractivity contribution >= 4 is 29.3 Å². The van der Waals surface area contributed by atoms with Crippen LogP contribution in [0.15, 0.2) is 24.4 Å². The fourth-order valence-corrected chi connectivity index (χ4v) is 2.11. The highest BCUT2D eigenvalue weighted by Crippen LogP contribution is 2.28. The third kappa shape index (κ3) is 3.62. The molecule has 2 rings (SSSR count). The molecule has 2 aromatic rings. The van der Waals surface area contributed by atoms with Crippen molar-refractivity contribution in [2.75, 3.05) is 6.54 Å². The van der Waals surface area contributed by atoms with Gasteiger partial charge in [-0.3, -0.25) is 0 Å². The monoisotopic (exact) mass is 299 g/mol. The molecule has 100 valence electrons. The summed E-state index contributed by atoms with van der Waals surface area (Å²) in [6, 6.07) is 5.16. The van der Waals surface area contributed by atoms with E-state index in [2.05, 4.69) is 15.3 Å². The number of nitrogens with zero attached hydrogens (tertiary/aromatic N) is 1. The van der Waals surface area contributed by atoms with Gasteiger partial charge in [-0.2, -0.15) is 0 Å². The van der Waals surface area contributed by atoms with Crippen molar-refractivity contribution in [2.45, 2.75) is 6.42 Å². The summed E-state index contributed by atoms with van der Waals surface area (Å²) in [5.74, 6) is 0.631. The lowest BCUT2D eigenvalue weighted by Gasteiger charge is -2.01.